The van der Waals surface area contributed by atoms with E-state index in [-0.39, 0.29) is 2.85 Å². The summed E-state index contributed by atoms with van der Waals surface area (Å²) in [6, 6.07) is 1.11. The lowest BCUT2D eigenvalue weighted by molar-refractivity contribution is 0.135. The average Bonchev–Trinajstić information content (AvgIpc) is 2.01. The first-order valence-electron chi connectivity index (χ1n) is 5.17. The highest BCUT2D eigenvalue weighted by atomic mass is 16.5. The van der Waals surface area contributed by atoms with E-state index in [1.807, 2.05) is 0 Å². The first kappa shape index (κ1) is 12.9. The van der Waals surface area contributed by atoms with Gasteiger partial charge in [-0.05, 0) is 0 Å². The lowest BCUT2D eigenvalue weighted by Gasteiger charge is -2.10. The zero-order valence-corrected chi connectivity index (χ0v) is 9.39. The monoisotopic (exact) mass is 192 g/mol. The van der Waals surface area contributed by atoms with Gasteiger partial charge in [0.25, 0.3) is 0 Å². The molecular weight excluding hydrogens is 164 g/mol. The van der Waals surface area contributed by atoms with Gasteiger partial charge in [0.15, 0.2) is 0 Å². The van der Waals surface area contributed by atoms with Gasteiger partial charge in [0.1, 0.15) is 0 Å². The number of nitrogens with one attached hydrogen (secondary N) is 2. The van der Waals surface area contributed by atoms with Crippen LogP contribution in [-0.2, 0) is 4.74 Å². The van der Waals surface area contributed by atoms with Crippen LogP contribution in [0, 0.1) is 0 Å². The highest BCUT2D eigenvalue weighted by Crippen LogP contribution is 1.79. The van der Waals surface area contributed by atoms with Gasteiger partial charge in [-0.3, -0.25) is 0 Å². The molecule has 0 heterocycles. The van der Waals surface area contributed by atoms with Gasteiger partial charge < -0.3 is 15.4 Å². The zero-order valence-electron chi connectivity index (χ0n) is 9.39. The highest BCUT2D eigenvalue weighted by molar-refractivity contribution is 4.53. The minimum absolute atomic E-state index is 0. The first-order valence-corrected chi connectivity index (χ1v) is 5.17. The van der Waals surface area contributed by atoms with Crippen LogP contribution in [0.4, 0.5) is 0 Å². The Bertz CT molecular complexity index is 102. The first-order chi connectivity index (χ1) is 6.13. The van der Waals surface area contributed by atoms with Crippen molar-refractivity contribution in [2.75, 3.05) is 26.3 Å². The van der Waals surface area contributed by atoms with Crippen molar-refractivity contribution in [3.05, 3.63) is 0 Å². The van der Waals surface area contributed by atoms with E-state index in [1.54, 1.807) is 0 Å². The zero-order chi connectivity index (χ0) is 10.1. The predicted molar refractivity (Wildman–Crippen MR) is 61.3 cm³/mol. The Morgan fingerprint density at radius 1 is 0.923 bits per heavy atom. The molecule has 3 nitrogen and oxygen atoms in total. The van der Waals surface area contributed by atoms with Crippen LogP contribution in [0.25, 0.3) is 0 Å². The minimum Gasteiger partial charge on any atom is -0.379 e. The van der Waals surface area contributed by atoms with Crippen molar-refractivity contribution in [3.63, 3.8) is 0 Å². The molecule has 0 amide bonds. The van der Waals surface area contributed by atoms with Crippen LogP contribution < -0.4 is 10.6 Å². The number of rotatable bonds is 8. The maximum atomic E-state index is 5.41. The van der Waals surface area contributed by atoms with Gasteiger partial charge in [-0.25, -0.2) is 0 Å². The number of ether oxygens (including phenoxy) is 1. The summed E-state index contributed by atoms with van der Waals surface area (Å²) in [6.07, 6.45) is 0. The van der Waals surface area contributed by atoms with Crippen LogP contribution in [-0.4, -0.2) is 38.4 Å². The van der Waals surface area contributed by atoms with Crippen LogP contribution >= 0.6 is 0 Å². The van der Waals surface area contributed by atoms with Gasteiger partial charge in [-0.1, -0.05) is 27.7 Å². The summed E-state index contributed by atoms with van der Waals surface area (Å²) in [5.41, 5.74) is 0. The van der Waals surface area contributed by atoms with E-state index in [9.17, 15) is 0 Å². The molecule has 0 unspecified atom stereocenters. The van der Waals surface area contributed by atoms with Gasteiger partial charge in [-0.15, -0.1) is 0 Å². The van der Waals surface area contributed by atoms with E-state index >= 15 is 0 Å². The molecule has 0 spiro atoms. The molecule has 0 aromatic heterocycles. The fraction of sp³-hybridized carbons (Fsp3) is 1.00. The highest BCUT2D eigenvalue weighted by Gasteiger charge is 1.93. The normalized spacial score (nSPS) is 11.5. The van der Waals surface area contributed by atoms with Gasteiger partial charge in [-0.2, -0.15) is 0 Å². The van der Waals surface area contributed by atoms with E-state index in [0.29, 0.717) is 12.1 Å². The molecule has 0 saturated carbocycles. The van der Waals surface area contributed by atoms with Crippen molar-refractivity contribution in [2.45, 2.75) is 39.8 Å². The van der Waals surface area contributed by atoms with Crippen molar-refractivity contribution in [1.29, 1.82) is 0 Å². The SMILES string of the molecule is CC(C)NCCOCCNC(C)C.[HH].[HH]. The third kappa shape index (κ3) is 11.9. The Morgan fingerprint density at radius 3 is 1.62 bits per heavy atom. The standard InChI is InChI=1S/C10H24N2O.2H2/c1-9(2)11-5-7-13-8-6-12-10(3)4;;/h9-12H,5-8H2,1-4H3;2*1H. The number of hydrogen-bond donors (Lipinski definition) is 2. The third-order valence-corrected chi connectivity index (χ3v) is 1.60. The maximum absolute atomic E-state index is 5.41. The van der Waals surface area contributed by atoms with Crippen LogP contribution in [0.1, 0.15) is 30.5 Å². The summed E-state index contributed by atoms with van der Waals surface area (Å²) in [4.78, 5) is 0. The lowest BCUT2D eigenvalue weighted by Crippen LogP contribution is -2.29. The van der Waals surface area contributed by atoms with Crippen LogP contribution in [0.2, 0.25) is 0 Å². The maximum Gasteiger partial charge on any atom is 0.0591 e. The van der Waals surface area contributed by atoms with Gasteiger partial charge in [0.05, 0.1) is 13.2 Å². The molecule has 0 aromatic carbocycles. The van der Waals surface area contributed by atoms with Gasteiger partial charge in [0.2, 0.25) is 0 Å². The van der Waals surface area contributed by atoms with Crippen molar-refractivity contribution < 1.29 is 7.59 Å². The van der Waals surface area contributed by atoms with Crippen LogP contribution in [0.5, 0.6) is 0 Å². The third-order valence-electron chi connectivity index (χ3n) is 1.60. The van der Waals surface area contributed by atoms with Gasteiger partial charge in [0, 0.05) is 28.0 Å². The molecule has 0 aromatic rings. The fourth-order valence-corrected chi connectivity index (χ4v) is 0.942. The molecule has 0 saturated heterocycles. The summed E-state index contributed by atoms with van der Waals surface area (Å²) in [5.74, 6) is 0. The molecule has 13 heavy (non-hydrogen) atoms. The van der Waals surface area contributed by atoms with Crippen LogP contribution in [0.15, 0.2) is 0 Å². The van der Waals surface area contributed by atoms with E-state index < -0.39 is 0 Å². The van der Waals surface area contributed by atoms with Crippen molar-refractivity contribution in [2.24, 2.45) is 0 Å². The van der Waals surface area contributed by atoms with Crippen molar-refractivity contribution in [1.82, 2.24) is 10.6 Å². The average molecular weight is 192 g/mol. The second kappa shape index (κ2) is 8.48. The molecule has 0 aliphatic carbocycles. The molecule has 0 bridgehead atoms. The van der Waals surface area contributed by atoms with Crippen molar-refractivity contribution in [3.8, 4) is 0 Å². The molecule has 0 radical (unpaired) electrons. The molecule has 0 aliphatic heterocycles. The summed E-state index contributed by atoms with van der Waals surface area (Å²) in [5, 5.41) is 6.60. The van der Waals surface area contributed by atoms with E-state index in [4.69, 9.17) is 4.74 Å². The Labute approximate surface area is 85.2 Å². The molecule has 84 valence electrons. The molecule has 2 N–H and O–H groups in total. The number of hydrogen-bond acceptors (Lipinski definition) is 3. The van der Waals surface area contributed by atoms with Crippen LogP contribution in [0.3, 0.4) is 0 Å². The summed E-state index contributed by atoms with van der Waals surface area (Å²) in [7, 11) is 0. The van der Waals surface area contributed by atoms with E-state index in [1.165, 1.54) is 0 Å². The topological polar surface area (TPSA) is 33.3 Å². The Kier molecular flexibility index (Phi) is 8.40. The molecule has 0 fully saturated rings. The summed E-state index contributed by atoms with van der Waals surface area (Å²) >= 11 is 0. The van der Waals surface area contributed by atoms with E-state index in [0.717, 1.165) is 26.3 Å². The largest absolute Gasteiger partial charge is 0.379 e. The smallest absolute Gasteiger partial charge is 0.0591 e. The molecule has 0 atom stereocenters. The molecule has 0 rings (SSSR count). The van der Waals surface area contributed by atoms with Crippen molar-refractivity contribution >= 4 is 0 Å². The predicted octanol–water partition coefficient (Wildman–Crippen LogP) is 1.49. The minimum atomic E-state index is 0. The molecular formula is C10H28N2O. The fourth-order valence-electron chi connectivity index (χ4n) is 0.942. The molecule has 0 aliphatic rings. The second-order valence-corrected chi connectivity index (χ2v) is 3.83. The Balaban J connectivity index is -0.000000720. The summed E-state index contributed by atoms with van der Waals surface area (Å²) in [6.45, 7) is 12.1. The Morgan fingerprint density at radius 2 is 1.31 bits per heavy atom. The Hall–Kier alpha value is -0.120. The van der Waals surface area contributed by atoms with E-state index in [2.05, 4.69) is 38.3 Å². The summed E-state index contributed by atoms with van der Waals surface area (Å²) < 4.78 is 5.41. The lowest BCUT2D eigenvalue weighted by atomic mass is 10.4. The quantitative estimate of drug-likeness (QED) is 0.572. The molecule has 3 heteroatoms. The second-order valence-electron chi connectivity index (χ2n) is 3.83. The van der Waals surface area contributed by atoms with Gasteiger partial charge >= 0.3 is 0 Å².